The molecule has 0 aliphatic carbocycles. The summed E-state index contributed by atoms with van der Waals surface area (Å²) in [6, 6.07) is 4.81. The molecule has 5 rings (SSSR count). The Morgan fingerprint density at radius 3 is 2.26 bits per heavy atom. The van der Waals surface area contributed by atoms with E-state index in [0.29, 0.717) is 0 Å². The first kappa shape index (κ1) is 31.2. The molecule has 2 aliphatic rings. The second-order valence-corrected chi connectivity index (χ2v) is 11.7. The van der Waals surface area contributed by atoms with E-state index in [2.05, 4.69) is 4.98 Å². The van der Waals surface area contributed by atoms with Crippen molar-refractivity contribution in [2.24, 2.45) is 0 Å². The maximum Gasteiger partial charge on any atom is 0.417 e. The van der Waals surface area contributed by atoms with Crippen LogP contribution in [0.15, 0.2) is 50.9 Å². The number of thioether (sulfide) groups is 1. The number of anilines is 1. The Balaban J connectivity index is 1.75. The van der Waals surface area contributed by atoms with Gasteiger partial charge in [0, 0.05) is 53.9 Å². The number of halogens is 4. The molecule has 43 heavy (non-hydrogen) atoms. The van der Waals surface area contributed by atoms with Gasteiger partial charge in [0.25, 0.3) is 0 Å². The summed E-state index contributed by atoms with van der Waals surface area (Å²) in [4.78, 5) is 34.3. The van der Waals surface area contributed by atoms with Crippen molar-refractivity contribution in [3.8, 4) is 11.1 Å². The fourth-order valence-electron chi connectivity index (χ4n) is 5.80. The monoisotopic (exact) mass is 606 g/mol. The number of hydrogen-bond acceptors (Lipinski definition) is 6. The van der Waals surface area contributed by atoms with Crippen molar-refractivity contribution in [3.63, 3.8) is 0 Å². The molecule has 1 amide bonds. The van der Waals surface area contributed by atoms with E-state index >= 15 is 0 Å². The maximum absolute atomic E-state index is 14.8. The lowest BCUT2D eigenvalue weighted by Gasteiger charge is -2.45. The quantitative estimate of drug-likeness (QED) is 0.258. The second kappa shape index (κ2) is 11.7. The number of alkyl halides is 3. The largest absolute Gasteiger partial charge is 0.417 e. The van der Waals surface area contributed by atoms with Gasteiger partial charge in [-0.05, 0) is 37.6 Å². The molecule has 218 valence electrons. The number of methoxy groups -OCH3 is 1. The van der Waals surface area contributed by atoms with E-state index in [1.165, 1.54) is 28.7 Å². The molecule has 3 aromatic rings. The van der Waals surface area contributed by atoms with Crippen LogP contribution in [0.25, 0.3) is 22.0 Å². The first-order valence-corrected chi connectivity index (χ1v) is 14.4. The molecule has 1 aromatic heterocycles. The van der Waals surface area contributed by atoms with Crippen LogP contribution in [0.4, 0.5) is 23.4 Å². The fraction of sp³-hybridized carbons (Fsp3) is 0.393. The predicted molar refractivity (Wildman–Crippen MR) is 160 cm³/mol. The lowest BCUT2D eigenvalue weighted by molar-refractivity contribution is -0.137. The van der Waals surface area contributed by atoms with Crippen LogP contribution in [0.2, 0.25) is 0 Å². The molecule has 3 heterocycles. The van der Waals surface area contributed by atoms with Crippen molar-refractivity contribution in [2.45, 2.75) is 49.7 Å². The van der Waals surface area contributed by atoms with Crippen LogP contribution >= 0.6 is 11.8 Å². The third kappa shape index (κ3) is 5.73. The van der Waals surface area contributed by atoms with Crippen LogP contribution in [0, 0.1) is 5.82 Å². The van der Waals surface area contributed by atoms with Gasteiger partial charge in [-0.25, -0.2) is 9.18 Å². The highest BCUT2D eigenvalue weighted by molar-refractivity contribution is 7.99. The summed E-state index contributed by atoms with van der Waals surface area (Å²) in [7, 11) is 18.3. The van der Waals surface area contributed by atoms with Crippen LogP contribution < -0.4 is 10.6 Å². The number of hydrogen-bond donors (Lipinski definition) is 0. The molecular weight excluding hydrogens is 581 g/mol. The topological polar surface area (TPSA) is 67.7 Å². The highest BCUT2D eigenvalue weighted by Crippen LogP contribution is 2.48. The number of benzene rings is 2. The molecule has 0 saturated carbocycles. The van der Waals surface area contributed by atoms with Crippen LogP contribution in [-0.4, -0.2) is 88.0 Å². The Morgan fingerprint density at radius 1 is 1.07 bits per heavy atom. The van der Waals surface area contributed by atoms with Gasteiger partial charge in [-0.3, -0.25) is 9.36 Å². The van der Waals surface area contributed by atoms with Crippen molar-refractivity contribution < 1.29 is 27.1 Å². The van der Waals surface area contributed by atoms with Gasteiger partial charge in [0.05, 0.1) is 39.4 Å². The smallest absolute Gasteiger partial charge is 0.379 e. The third-order valence-electron chi connectivity index (χ3n) is 7.76. The summed E-state index contributed by atoms with van der Waals surface area (Å²) in [5.41, 5.74) is -1.59. The van der Waals surface area contributed by atoms with Gasteiger partial charge in [0.2, 0.25) is 5.91 Å². The normalized spacial score (nSPS) is 20.7. The van der Waals surface area contributed by atoms with Gasteiger partial charge in [-0.15, -0.1) is 11.8 Å². The van der Waals surface area contributed by atoms with Crippen molar-refractivity contribution in [1.29, 1.82) is 0 Å². The summed E-state index contributed by atoms with van der Waals surface area (Å²) in [5, 5.41) is -0.188. The van der Waals surface area contributed by atoms with Crippen LogP contribution in [0.1, 0.15) is 19.4 Å². The summed E-state index contributed by atoms with van der Waals surface area (Å²) < 4.78 is 65.0. The third-order valence-corrected chi connectivity index (χ3v) is 8.99. The molecule has 0 bridgehead atoms. The van der Waals surface area contributed by atoms with Gasteiger partial charge in [0.1, 0.15) is 19.5 Å². The van der Waals surface area contributed by atoms with E-state index in [4.69, 9.17) is 28.3 Å². The molecule has 7 nitrogen and oxygen atoms in total. The molecule has 2 aliphatic heterocycles. The zero-order valence-electron chi connectivity index (χ0n) is 23.6. The molecule has 1 saturated heterocycles. The summed E-state index contributed by atoms with van der Waals surface area (Å²) in [6.07, 6.45) is -5.28. The summed E-state index contributed by atoms with van der Waals surface area (Å²) in [5.74, 6) is -0.818. The molecule has 2 aromatic carbocycles. The van der Waals surface area contributed by atoms with E-state index in [-0.39, 0.29) is 69.0 Å². The van der Waals surface area contributed by atoms with Gasteiger partial charge in [-0.2, -0.15) is 23.5 Å². The number of amides is 1. The van der Waals surface area contributed by atoms with Gasteiger partial charge in [-0.1, -0.05) is 17.6 Å². The number of nitrogens with zero attached hydrogens (tertiary/aromatic N) is 4. The minimum absolute atomic E-state index is 0.0674. The van der Waals surface area contributed by atoms with E-state index in [0.717, 1.165) is 30.0 Å². The van der Waals surface area contributed by atoms with Gasteiger partial charge >= 0.3 is 11.9 Å². The average molecular weight is 606 g/mol. The minimum atomic E-state index is -4.79. The van der Waals surface area contributed by atoms with Crippen molar-refractivity contribution in [3.05, 3.63) is 63.0 Å². The van der Waals surface area contributed by atoms with E-state index in [1.54, 1.807) is 18.7 Å². The van der Waals surface area contributed by atoms with Crippen LogP contribution in [0.3, 0.4) is 0 Å². The fourth-order valence-corrected chi connectivity index (χ4v) is 7.13. The van der Waals surface area contributed by atoms with E-state index in [1.807, 2.05) is 0 Å². The number of aromatic nitrogens is 2. The number of piperazine rings is 1. The molecule has 15 heteroatoms. The van der Waals surface area contributed by atoms with Crippen LogP contribution in [-0.2, 0) is 22.3 Å². The maximum atomic E-state index is 14.8. The Hall–Kier alpha value is -3.19. The summed E-state index contributed by atoms with van der Waals surface area (Å²) >= 11 is 1.15. The number of carbonyl (C=O) groups is 1. The molecule has 1 fully saturated rings. The van der Waals surface area contributed by atoms with Crippen molar-refractivity contribution in [1.82, 2.24) is 14.5 Å². The number of ether oxygens (including phenoxy) is 1. The molecule has 3 atom stereocenters. The molecule has 0 unspecified atom stereocenters. The molecule has 0 spiro atoms. The van der Waals surface area contributed by atoms with E-state index in [9.17, 15) is 27.2 Å². The SMILES string of the molecule is [B]C([B])=C([B])C(=O)N1[C@H](C)CN(c2nc(=O)n3c4c(c(-c5ccc(F)cc5)c(C(F)(F)F)cc24)SC[C@@H](OC)C3)C[C@@H]1C. The average Bonchev–Trinajstić information content (AvgIpc) is 3.14. The molecule has 0 N–H and O–H groups in total. The zero-order valence-corrected chi connectivity index (χ0v) is 24.4. The predicted octanol–water partition coefficient (Wildman–Crippen LogP) is 3.44. The second-order valence-electron chi connectivity index (χ2n) is 10.7. The lowest BCUT2D eigenvalue weighted by Crippen LogP contribution is -2.59. The standard InChI is InChI=1S/C28H25B3F4N4O3S/c1-13-9-37(10-14(2)39(13)26(40)21(29)24(30)31)25-18-8-19(28(33,34)35)20(15-4-6-16(32)7-5-15)23-22(18)38(27(41)36-25)11-17(42-3)12-43-23/h4-8,13-14,17H,9-12H2,1-3H3/t13-,14+,17-/m0/s1. The number of carbonyl (C=O) groups excluding carboxylic acids is 1. The van der Waals surface area contributed by atoms with Crippen LogP contribution in [0.5, 0.6) is 0 Å². The minimum Gasteiger partial charge on any atom is -0.379 e. The zero-order chi connectivity index (χ0) is 31.4. The highest BCUT2D eigenvalue weighted by Gasteiger charge is 2.40. The van der Waals surface area contributed by atoms with Gasteiger partial charge < -0.3 is 14.5 Å². The van der Waals surface area contributed by atoms with Crippen molar-refractivity contribution >= 4 is 57.9 Å². The summed E-state index contributed by atoms with van der Waals surface area (Å²) in [6.45, 7) is 3.86. The Bertz CT molecular complexity index is 1670. The Morgan fingerprint density at radius 2 is 1.70 bits per heavy atom. The first-order chi connectivity index (χ1) is 20.2. The lowest BCUT2D eigenvalue weighted by atomic mass is 9.69. The Kier molecular flexibility index (Phi) is 8.52. The highest BCUT2D eigenvalue weighted by atomic mass is 32.2. The molecule has 6 radical (unpaired) electrons. The van der Waals surface area contributed by atoms with Gasteiger partial charge in [0.15, 0.2) is 0 Å². The van der Waals surface area contributed by atoms with Crippen molar-refractivity contribution in [2.75, 3.05) is 30.9 Å². The number of rotatable bonds is 4. The molecular formula is C28H25B3F4N4O3S. The van der Waals surface area contributed by atoms with E-state index < -0.39 is 47.3 Å². The Labute approximate surface area is 253 Å². The first-order valence-electron chi connectivity index (χ1n) is 13.4.